The van der Waals surface area contributed by atoms with Crippen molar-refractivity contribution < 1.29 is 14.3 Å². The van der Waals surface area contributed by atoms with E-state index in [1.807, 2.05) is 41.1 Å². The van der Waals surface area contributed by atoms with Crippen LogP contribution in [0.25, 0.3) is 10.9 Å². The van der Waals surface area contributed by atoms with Crippen molar-refractivity contribution in [2.45, 2.75) is 25.9 Å². The van der Waals surface area contributed by atoms with Gasteiger partial charge < -0.3 is 14.6 Å². The summed E-state index contributed by atoms with van der Waals surface area (Å²) >= 11 is 0. The van der Waals surface area contributed by atoms with Crippen LogP contribution in [0.5, 0.6) is 0 Å². The van der Waals surface area contributed by atoms with E-state index in [0.717, 1.165) is 10.9 Å². The number of nitrogens with one attached hydrogen (secondary N) is 1. The van der Waals surface area contributed by atoms with Crippen LogP contribution in [0.15, 0.2) is 49.2 Å². The molecule has 2 aromatic rings. The number of nitrogens with zero attached hydrogens (tertiary/aromatic N) is 1. The zero-order valence-electron chi connectivity index (χ0n) is 12.6. The Morgan fingerprint density at radius 1 is 1.36 bits per heavy atom. The van der Waals surface area contributed by atoms with Gasteiger partial charge in [0.05, 0.1) is 6.61 Å². The SMILES string of the molecule is C=CC[C@H](NC(=O)Cn1ccc2ccccc21)C(=O)OCC. The second-order valence-electron chi connectivity index (χ2n) is 4.90. The Balaban J connectivity index is 2.04. The molecule has 5 heteroatoms. The molecule has 0 aliphatic heterocycles. The minimum atomic E-state index is -0.688. The van der Waals surface area contributed by atoms with Gasteiger partial charge in [-0.15, -0.1) is 6.58 Å². The maximum atomic E-state index is 12.2. The topological polar surface area (TPSA) is 60.3 Å². The highest BCUT2D eigenvalue weighted by atomic mass is 16.5. The Morgan fingerprint density at radius 3 is 2.86 bits per heavy atom. The van der Waals surface area contributed by atoms with Crippen molar-refractivity contribution >= 4 is 22.8 Å². The number of carbonyl (C=O) groups is 2. The van der Waals surface area contributed by atoms with Gasteiger partial charge in [-0.3, -0.25) is 4.79 Å². The Morgan fingerprint density at radius 2 is 2.14 bits per heavy atom. The molecule has 1 N–H and O–H groups in total. The van der Waals surface area contributed by atoms with Gasteiger partial charge in [0.25, 0.3) is 0 Å². The summed E-state index contributed by atoms with van der Waals surface area (Å²) < 4.78 is 6.80. The van der Waals surface area contributed by atoms with E-state index in [1.165, 1.54) is 0 Å². The molecule has 1 heterocycles. The van der Waals surface area contributed by atoms with Crippen LogP contribution in [-0.2, 0) is 20.9 Å². The van der Waals surface area contributed by atoms with Crippen LogP contribution in [0.1, 0.15) is 13.3 Å². The molecule has 0 aliphatic rings. The molecule has 1 atom stereocenters. The van der Waals surface area contributed by atoms with E-state index >= 15 is 0 Å². The number of benzene rings is 1. The molecule has 0 unspecified atom stereocenters. The van der Waals surface area contributed by atoms with Gasteiger partial charge in [0.1, 0.15) is 12.6 Å². The predicted octanol–water partition coefficient (Wildman–Crippen LogP) is 2.27. The van der Waals surface area contributed by atoms with Crippen molar-refractivity contribution in [2.75, 3.05) is 6.61 Å². The average Bonchev–Trinajstić information content (AvgIpc) is 2.90. The Hall–Kier alpha value is -2.56. The normalized spacial score (nSPS) is 11.9. The molecule has 1 aromatic heterocycles. The van der Waals surface area contributed by atoms with Crippen LogP contribution in [0, 0.1) is 0 Å². The summed E-state index contributed by atoms with van der Waals surface area (Å²) in [5.74, 6) is -0.672. The maximum absolute atomic E-state index is 12.2. The van der Waals surface area contributed by atoms with Gasteiger partial charge in [-0.2, -0.15) is 0 Å². The molecule has 5 nitrogen and oxygen atoms in total. The minimum Gasteiger partial charge on any atom is -0.464 e. The standard InChI is InChI=1S/C17H20N2O3/c1-3-7-14(17(21)22-4-2)18-16(20)12-19-11-10-13-8-5-6-9-15(13)19/h3,5-6,8-11,14H,1,4,7,12H2,2H3,(H,18,20)/t14-/m0/s1. The van der Waals surface area contributed by atoms with Gasteiger partial charge in [0.15, 0.2) is 0 Å². The average molecular weight is 300 g/mol. The predicted molar refractivity (Wildman–Crippen MR) is 85.3 cm³/mol. The molecule has 0 spiro atoms. The second kappa shape index (κ2) is 7.45. The molecule has 0 bridgehead atoms. The van der Waals surface area contributed by atoms with Gasteiger partial charge >= 0.3 is 5.97 Å². The number of rotatable bonds is 7. The summed E-state index contributed by atoms with van der Waals surface area (Å²) in [6, 6.07) is 9.09. The second-order valence-corrected chi connectivity index (χ2v) is 4.90. The van der Waals surface area contributed by atoms with E-state index in [4.69, 9.17) is 4.74 Å². The lowest BCUT2D eigenvalue weighted by atomic mass is 10.2. The highest BCUT2D eigenvalue weighted by molar-refractivity contribution is 5.86. The van der Waals surface area contributed by atoms with Gasteiger partial charge in [0.2, 0.25) is 5.91 Å². The fourth-order valence-corrected chi connectivity index (χ4v) is 2.30. The fraction of sp³-hybridized carbons (Fsp3) is 0.294. The zero-order chi connectivity index (χ0) is 15.9. The number of para-hydroxylation sites is 1. The first kappa shape index (κ1) is 15.8. The van der Waals surface area contributed by atoms with Gasteiger partial charge in [-0.05, 0) is 30.9 Å². The molecular formula is C17H20N2O3. The van der Waals surface area contributed by atoms with E-state index < -0.39 is 12.0 Å². The van der Waals surface area contributed by atoms with Gasteiger partial charge in [0, 0.05) is 11.7 Å². The lowest BCUT2D eigenvalue weighted by Crippen LogP contribution is -2.42. The highest BCUT2D eigenvalue weighted by Gasteiger charge is 2.20. The van der Waals surface area contributed by atoms with Crippen molar-refractivity contribution in [1.29, 1.82) is 0 Å². The number of hydrogen-bond donors (Lipinski definition) is 1. The van der Waals surface area contributed by atoms with Crippen LogP contribution in [0.2, 0.25) is 0 Å². The Kier molecular flexibility index (Phi) is 5.36. The maximum Gasteiger partial charge on any atom is 0.328 e. The summed E-state index contributed by atoms with van der Waals surface area (Å²) in [5.41, 5.74) is 0.981. The number of esters is 1. The van der Waals surface area contributed by atoms with Crippen LogP contribution in [0.3, 0.4) is 0 Å². The first-order valence-electron chi connectivity index (χ1n) is 7.26. The number of carbonyl (C=O) groups excluding carboxylic acids is 2. The third kappa shape index (κ3) is 3.75. The number of aromatic nitrogens is 1. The highest BCUT2D eigenvalue weighted by Crippen LogP contribution is 2.14. The number of ether oxygens (including phenoxy) is 1. The van der Waals surface area contributed by atoms with Crippen LogP contribution < -0.4 is 5.32 Å². The third-order valence-electron chi connectivity index (χ3n) is 3.30. The van der Waals surface area contributed by atoms with Crippen molar-refractivity contribution in [1.82, 2.24) is 9.88 Å². The molecular weight excluding hydrogens is 280 g/mol. The minimum absolute atomic E-state index is 0.153. The Bertz CT molecular complexity index is 675. The smallest absolute Gasteiger partial charge is 0.328 e. The zero-order valence-corrected chi connectivity index (χ0v) is 12.6. The summed E-state index contributed by atoms with van der Waals surface area (Å²) in [6.07, 6.45) is 3.79. The first-order valence-corrected chi connectivity index (χ1v) is 7.26. The molecule has 116 valence electrons. The molecule has 22 heavy (non-hydrogen) atoms. The number of amides is 1. The van der Waals surface area contributed by atoms with Crippen LogP contribution >= 0.6 is 0 Å². The number of fused-ring (bicyclic) bond motifs is 1. The Labute approximate surface area is 129 Å². The van der Waals surface area contributed by atoms with E-state index in [2.05, 4.69) is 11.9 Å². The molecule has 2 rings (SSSR count). The van der Waals surface area contributed by atoms with E-state index in [9.17, 15) is 9.59 Å². The molecule has 1 aromatic carbocycles. The fourth-order valence-electron chi connectivity index (χ4n) is 2.30. The van der Waals surface area contributed by atoms with Crippen molar-refractivity contribution in [2.24, 2.45) is 0 Å². The molecule has 1 amide bonds. The molecule has 0 saturated heterocycles. The van der Waals surface area contributed by atoms with Crippen LogP contribution in [-0.4, -0.2) is 29.1 Å². The van der Waals surface area contributed by atoms with E-state index in [-0.39, 0.29) is 19.1 Å². The van der Waals surface area contributed by atoms with Crippen molar-refractivity contribution in [3.63, 3.8) is 0 Å². The van der Waals surface area contributed by atoms with Gasteiger partial charge in [-0.25, -0.2) is 4.79 Å². The van der Waals surface area contributed by atoms with Crippen LogP contribution in [0.4, 0.5) is 0 Å². The summed E-state index contributed by atoms with van der Waals surface area (Å²) in [4.78, 5) is 24.0. The molecule has 0 aliphatic carbocycles. The third-order valence-corrected chi connectivity index (χ3v) is 3.30. The van der Waals surface area contributed by atoms with Crippen molar-refractivity contribution in [3.8, 4) is 0 Å². The summed E-state index contributed by atoms with van der Waals surface area (Å²) in [7, 11) is 0. The van der Waals surface area contributed by atoms with Gasteiger partial charge in [-0.1, -0.05) is 24.3 Å². The molecule has 0 saturated carbocycles. The number of hydrogen-bond acceptors (Lipinski definition) is 3. The van der Waals surface area contributed by atoms with E-state index in [1.54, 1.807) is 13.0 Å². The quantitative estimate of drug-likeness (QED) is 0.630. The molecule has 0 radical (unpaired) electrons. The summed E-state index contributed by atoms with van der Waals surface area (Å²) in [5, 5.41) is 3.77. The lowest BCUT2D eigenvalue weighted by Gasteiger charge is -2.16. The monoisotopic (exact) mass is 300 g/mol. The largest absolute Gasteiger partial charge is 0.464 e. The lowest BCUT2D eigenvalue weighted by molar-refractivity contribution is -0.147. The van der Waals surface area contributed by atoms with Crippen molar-refractivity contribution in [3.05, 3.63) is 49.2 Å². The summed E-state index contributed by atoms with van der Waals surface area (Å²) in [6.45, 7) is 5.77. The first-order chi connectivity index (χ1) is 10.7. The van der Waals surface area contributed by atoms with E-state index in [0.29, 0.717) is 6.42 Å². The molecule has 0 fully saturated rings.